The summed E-state index contributed by atoms with van der Waals surface area (Å²) in [7, 11) is 0. The number of aromatic nitrogens is 5. The van der Waals surface area contributed by atoms with Gasteiger partial charge >= 0.3 is 6.09 Å². The number of aryl methyl sites for hydroxylation is 1. The molecule has 3 rings (SSSR count). The van der Waals surface area contributed by atoms with Crippen molar-refractivity contribution in [1.82, 2.24) is 30.4 Å². The van der Waals surface area contributed by atoms with Crippen LogP contribution >= 0.6 is 0 Å². The van der Waals surface area contributed by atoms with Gasteiger partial charge in [-0.05, 0) is 26.0 Å². The first-order chi connectivity index (χ1) is 11.2. The average molecular weight is 313 g/mol. The molecule has 1 aromatic carbocycles. The largest absolute Gasteiger partial charge is 0.449 e. The molecule has 0 spiro atoms. The zero-order valence-electron chi connectivity index (χ0n) is 12.6. The summed E-state index contributed by atoms with van der Waals surface area (Å²) in [6, 6.07) is 9.57. The minimum atomic E-state index is -0.621. The fourth-order valence-corrected chi connectivity index (χ4v) is 2.02. The molecule has 0 aliphatic rings. The van der Waals surface area contributed by atoms with Gasteiger partial charge in [-0.25, -0.2) is 14.9 Å². The minimum absolute atomic E-state index is 0.141. The van der Waals surface area contributed by atoms with E-state index < -0.39 is 6.09 Å². The molecule has 0 saturated carbocycles. The lowest BCUT2D eigenvalue weighted by molar-refractivity contribution is 0.154. The van der Waals surface area contributed by atoms with Crippen molar-refractivity contribution in [3.63, 3.8) is 0 Å². The predicted molar refractivity (Wildman–Crippen MR) is 83.0 cm³/mol. The number of amides is 1. The fourth-order valence-electron chi connectivity index (χ4n) is 2.02. The van der Waals surface area contributed by atoms with Crippen molar-refractivity contribution in [2.45, 2.75) is 13.8 Å². The maximum absolute atomic E-state index is 11.3. The van der Waals surface area contributed by atoms with Crippen molar-refractivity contribution < 1.29 is 9.53 Å². The Bertz CT molecular complexity index is 832. The van der Waals surface area contributed by atoms with Gasteiger partial charge in [-0.1, -0.05) is 18.2 Å². The number of hydrogen-bond acceptors (Lipinski definition) is 7. The third kappa shape index (κ3) is 3.03. The molecule has 0 aliphatic heterocycles. The van der Waals surface area contributed by atoms with E-state index in [1.54, 1.807) is 11.6 Å². The molecule has 118 valence electrons. The van der Waals surface area contributed by atoms with E-state index in [1.807, 2.05) is 37.3 Å². The molecule has 9 heteroatoms. The molecule has 0 radical (unpaired) electrons. The minimum Gasteiger partial charge on any atom is -0.449 e. The van der Waals surface area contributed by atoms with Crippen LogP contribution in [0.3, 0.4) is 0 Å². The Hall–Kier alpha value is -3.23. The van der Waals surface area contributed by atoms with E-state index >= 15 is 0 Å². The highest BCUT2D eigenvalue weighted by Gasteiger charge is 2.14. The molecule has 0 unspecified atom stereocenters. The Morgan fingerprint density at radius 3 is 2.78 bits per heavy atom. The molecular weight excluding hydrogens is 298 g/mol. The summed E-state index contributed by atoms with van der Waals surface area (Å²) in [5.41, 5.74) is 7.59. The Balaban J connectivity index is 1.93. The molecule has 2 heterocycles. The zero-order valence-corrected chi connectivity index (χ0v) is 12.6. The number of benzene rings is 1. The number of fused-ring (bicyclic) bond motifs is 1. The van der Waals surface area contributed by atoms with Gasteiger partial charge < -0.3 is 4.74 Å². The number of nitrogens with one attached hydrogen (secondary N) is 2. The molecule has 23 heavy (non-hydrogen) atoms. The number of ether oxygens (including phenoxy) is 1. The number of rotatable bonds is 4. The van der Waals surface area contributed by atoms with Gasteiger partial charge in [-0.2, -0.15) is 10.1 Å². The van der Waals surface area contributed by atoms with Crippen molar-refractivity contribution in [3.8, 4) is 5.69 Å². The van der Waals surface area contributed by atoms with Crippen molar-refractivity contribution in [2.24, 2.45) is 0 Å². The van der Waals surface area contributed by atoms with Crippen LogP contribution in [0.15, 0.2) is 30.3 Å². The Morgan fingerprint density at radius 1 is 1.26 bits per heavy atom. The summed E-state index contributed by atoms with van der Waals surface area (Å²) in [5.74, 6) is 0.141. The second-order valence-corrected chi connectivity index (χ2v) is 4.61. The Labute approximate surface area is 131 Å². The smallest absolute Gasteiger partial charge is 0.426 e. The number of nitrogens with zero attached hydrogens (tertiary/aromatic N) is 5. The summed E-state index contributed by atoms with van der Waals surface area (Å²) in [5, 5.41) is 12.4. The topological polar surface area (TPSA) is 107 Å². The normalized spacial score (nSPS) is 10.5. The monoisotopic (exact) mass is 313 g/mol. The number of hydrazine groups is 1. The highest BCUT2D eigenvalue weighted by atomic mass is 16.5. The molecule has 2 N–H and O–H groups in total. The van der Waals surface area contributed by atoms with E-state index in [0.717, 1.165) is 5.69 Å². The van der Waals surface area contributed by atoms with E-state index in [0.29, 0.717) is 16.9 Å². The molecule has 2 aromatic heterocycles. The maximum Gasteiger partial charge on any atom is 0.426 e. The van der Waals surface area contributed by atoms with Gasteiger partial charge in [0.1, 0.15) is 0 Å². The zero-order chi connectivity index (χ0) is 16.2. The van der Waals surface area contributed by atoms with Crippen molar-refractivity contribution in [3.05, 3.63) is 36.0 Å². The van der Waals surface area contributed by atoms with Crippen LogP contribution in [0.5, 0.6) is 0 Å². The van der Waals surface area contributed by atoms with Crippen LogP contribution in [-0.2, 0) is 4.74 Å². The third-order valence-electron chi connectivity index (χ3n) is 3.01. The summed E-state index contributed by atoms with van der Waals surface area (Å²) in [6.45, 7) is 3.82. The van der Waals surface area contributed by atoms with Crippen LogP contribution in [-0.4, -0.2) is 37.7 Å². The standard InChI is InChI=1S/C14H15N7O2/c1-3-23-14(22)19-18-13-15-12-11(16-17-13)9(2)20-21(12)10-7-5-4-6-8-10/h4-8H,3H2,1-2H3,(H,19,22)(H,15,17,18). The van der Waals surface area contributed by atoms with Gasteiger partial charge in [0.2, 0.25) is 0 Å². The highest BCUT2D eigenvalue weighted by Crippen LogP contribution is 2.18. The summed E-state index contributed by atoms with van der Waals surface area (Å²) in [4.78, 5) is 15.6. The van der Waals surface area contributed by atoms with Gasteiger partial charge in [0.05, 0.1) is 18.0 Å². The van der Waals surface area contributed by atoms with E-state index in [1.165, 1.54) is 0 Å². The van der Waals surface area contributed by atoms with Crippen LogP contribution in [0, 0.1) is 6.92 Å². The van der Waals surface area contributed by atoms with Gasteiger partial charge in [0.25, 0.3) is 5.95 Å². The second kappa shape index (κ2) is 6.26. The third-order valence-corrected chi connectivity index (χ3v) is 3.01. The molecule has 0 bridgehead atoms. The number of para-hydroxylation sites is 1. The molecule has 0 aliphatic carbocycles. The average Bonchev–Trinajstić information content (AvgIpc) is 2.90. The van der Waals surface area contributed by atoms with Crippen molar-refractivity contribution in [2.75, 3.05) is 12.0 Å². The van der Waals surface area contributed by atoms with Crippen LogP contribution in [0.1, 0.15) is 12.6 Å². The molecule has 9 nitrogen and oxygen atoms in total. The van der Waals surface area contributed by atoms with E-state index in [2.05, 4.69) is 31.1 Å². The number of anilines is 1. The predicted octanol–water partition coefficient (Wildman–Crippen LogP) is 1.59. The lowest BCUT2D eigenvalue weighted by atomic mass is 10.3. The molecule has 0 atom stereocenters. The summed E-state index contributed by atoms with van der Waals surface area (Å²) in [6.07, 6.45) is -0.621. The van der Waals surface area contributed by atoms with Gasteiger partial charge in [0, 0.05) is 0 Å². The summed E-state index contributed by atoms with van der Waals surface area (Å²) >= 11 is 0. The molecule has 0 fully saturated rings. The molecular formula is C14H15N7O2. The van der Waals surface area contributed by atoms with E-state index in [9.17, 15) is 4.79 Å². The van der Waals surface area contributed by atoms with Crippen LogP contribution < -0.4 is 10.9 Å². The van der Waals surface area contributed by atoms with Crippen LogP contribution in [0.4, 0.5) is 10.7 Å². The first-order valence-electron chi connectivity index (χ1n) is 7.03. The SMILES string of the molecule is CCOC(=O)NNc1nnc2c(C)nn(-c3ccccc3)c2n1. The fraction of sp³-hybridized carbons (Fsp3) is 0.214. The number of hydrogen-bond donors (Lipinski definition) is 2. The number of carbonyl (C=O) groups is 1. The van der Waals surface area contributed by atoms with Gasteiger partial charge in [-0.15, -0.1) is 10.2 Å². The second-order valence-electron chi connectivity index (χ2n) is 4.61. The summed E-state index contributed by atoms with van der Waals surface area (Å²) < 4.78 is 6.42. The maximum atomic E-state index is 11.3. The van der Waals surface area contributed by atoms with Crippen molar-refractivity contribution in [1.29, 1.82) is 0 Å². The quantitative estimate of drug-likeness (QED) is 0.704. The van der Waals surface area contributed by atoms with E-state index in [4.69, 9.17) is 4.74 Å². The lowest BCUT2D eigenvalue weighted by Gasteiger charge is -2.06. The highest BCUT2D eigenvalue weighted by molar-refractivity contribution is 5.76. The van der Waals surface area contributed by atoms with Crippen LogP contribution in [0.2, 0.25) is 0 Å². The van der Waals surface area contributed by atoms with E-state index in [-0.39, 0.29) is 12.6 Å². The molecule has 0 saturated heterocycles. The molecule has 1 amide bonds. The first-order valence-corrected chi connectivity index (χ1v) is 7.03. The van der Waals surface area contributed by atoms with Gasteiger partial charge in [0.15, 0.2) is 11.2 Å². The molecule has 3 aromatic rings. The Morgan fingerprint density at radius 2 is 2.04 bits per heavy atom. The lowest BCUT2D eigenvalue weighted by Crippen LogP contribution is -2.31. The van der Waals surface area contributed by atoms with Crippen molar-refractivity contribution >= 4 is 23.2 Å². The first kappa shape index (κ1) is 14.7. The van der Waals surface area contributed by atoms with Gasteiger partial charge in [-0.3, -0.25) is 5.43 Å². The Kier molecular flexibility index (Phi) is 4.00. The van der Waals surface area contributed by atoms with Crippen LogP contribution in [0.25, 0.3) is 16.9 Å². The number of carbonyl (C=O) groups excluding carboxylic acids is 1.